The Hall–Kier alpha value is -4.09. The summed E-state index contributed by atoms with van der Waals surface area (Å²) in [7, 11) is 0. The number of rotatable bonds is 4. The van der Waals surface area contributed by atoms with Crippen LogP contribution in [0, 0.1) is 37.0 Å². The van der Waals surface area contributed by atoms with E-state index >= 15 is 0 Å². The number of aromatic nitrogens is 1. The quantitative estimate of drug-likeness (QED) is 0.658. The van der Waals surface area contributed by atoms with Gasteiger partial charge in [-0.25, -0.2) is 0 Å². The first-order valence-corrected chi connectivity index (χ1v) is 9.57. The molecule has 0 aliphatic rings. The fourth-order valence-electron chi connectivity index (χ4n) is 3.22. The SMILES string of the molecule is Cc1[nH]c(=O)c(C#N)c(C)c1CCC(=O)Nc1cccc(C#Cc2ccccc2)c1. The molecule has 1 heterocycles. The molecule has 0 bridgehead atoms. The highest BCUT2D eigenvalue weighted by Crippen LogP contribution is 2.16. The summed E-state index contributed by atoms with van der Waals surface area (Å²) >= 11 is 0. The summed E-state index contributed by atoms with van der Waals surface area (Å²) in [5, 5.41) is 12.1. The number of aryl methyl sites for hydroxylation is 1. The second-order valence-corrected chi connectivity index (χ2v) is 6.91. The fraction of sp³-hybridized carbons (Fsp3) is 0.160. The summed E-state index contributed by atoms with van der Waals surface area (Å²) < 4.78 is 0. The number of nitriles is 1. The van der Waals surface area contributed by atoms with Gasteiger partial charge in [-0.3, -0.25) is 9.59 Å². The van der Waals surface area contributed by atoms with E-state index in [1.54, 1.807) is 13.8 Å². The van der Waals surface area contributed by atoms with Crippen LogP contribution in [-0.4, -0.2) is 10.9 Å². The first-order valence-electron chi connectivity index (χ1n) is 9.57. The summed E-state index contributed by atoms with van der Waals surface area (Å²) in [5.41, 5.74) is 4.25. The molecule has 0 spiro atoms. The zero-order valence-electron chi connectivity index (χ0n) is 16.9. The summed E-state index contributed by atoms with van der Waals surface area (Å²) in [6.07, 6.45) is 0.668. The number of pyridine rings is 1. The number of aromatic amines is 1. The van der Waals surface area contributed by atoms with Crippen LogP contribution in [0.3, 0.4) is 0 Å². The number of amides is 1. The molecular weight excluding hydrogens is 374 g/mol. The number of benzene rings is 2. The molecular formula is C25H21N3O2. The lowest BCUT2D eigenvalue weighted by Crippen LogP contribution is -2.18. The summed E-state index contributed by atoms with van der Waals surface area (Å²) in [6, 6.07) is 19.0. The number of hydrogen-bond donors (Lipinski definition) is 2. The number of hydrogen-bond acceptors (Lipinski definition) is 3. The molecule has 1 amide bonds. The third-order valence-electron chi connectivity index (χ3n) is 4.79. The van der Waals surface area contributed by atoms with Crippen LogP contribution in [0.25, 0.3) is 0 Å². The van der Waals surface area contributed by atoms with Gasteiger partial charge in [0.15, 0.2) is 0 Å². The third-order valence-corrected chi connectivity index (χ3v) is 4.79. The molecule has 2 aromatic carbocycles. The standard InChI is InChI=1S/C25H21N3O2/c1-17-22(18(2)27-25(30)23(17)16-26)13-14-24(29)28-21-10-6-9-20(15-21)12-11-19-7-4-3-5-8-19/h3-10,15H,13-14H2,1-2H3,(H,27,30)(H,28,29). The molecule has 3 rings (SSSR count). The molecule has 0 fully saturated rings. The zero-order valence-corrected chi connectivity index (χ0v) is 16.9. The normalized spacial score (nSPS) is 9.90. The molecule has 0 unspecified atom stereocenters. The van der Waals surface area contributed by atoms with E-state index in [1.165, 1.54) is 0 Å². The Morgan fingerprint density at radius 1 is 1.03 bits per heavy atom. The molecule has 1 aromatic heterocycles. The van der Waals surface area contributed by atoms with Crippen molar-refractivity contribution in [3.05, 3.63) is 98.5 Å². The van der Waals surface area contributed by atoms with E-state index < -0.39 is 5.56 Å². The van der Waals surface area contributed by atoms with Gasteiger partial charge in [0.2, 0.25) is 5.91 Å². The van der Waals surface area contributed by atoms with Gasteiger partial charge in [-0.1, -0.05) is 36.1 Å². The van der Waals surface area contributed by atoms with Crippen LogP contribution in [-0.2, 0) is 11.2 Å². The maximum absolute atomic E-state index is 12.4. The zero-order chi connectivity index (χ0) is 21.5. The van der Waals surface area contributed by atoms with Crippen LogP contribution < -0.4 is 10.9 Å². The van der Waals surface area contributed by atoms with Crippen LogP contribution in [0.15, 0.2) is 59.4 Å². The molecule has 0 saturated heterocycles. The van der Waals surface area contributed by atoms with E-state index in [0.717, 1.165) is 16.7 Å². The van der Waals surface area contributed by atoms with E-state index in [2.05, 4.69) is 22.1 Å². The minimum absolute atomic E-state index is 0.0979. The van der Waals surface area contributed by atoms with Crippen molar-refractivity contribution in [3.63, 3.8) is 0 Å². The second-order valence-electron chi connectivity index (χ2n) is 6.91. The highest BCUT2D eigenvalue weighted by molar-refractivity contribution is 5.91. The van der Waals surface area contributed by atoms with Gasteiger partial charge in [0.1, 0.15) is 11.6 Å². The lowest BCUT2D eigenvalue weighted by atomic mass is 9.99. The Kier molecular flexibility index (Phi) is 6.47. The van der Waals surface area contributed by atoms with Gasteiger partial charge in [0.05, 0.1) is 0 Å². The molecule has 0 radical (unpaired) electrons. The number of nitrogens with zero attached hydrogens (tertiary/aromatic N) is 1. The Labute approximate surface area is 175 Å². The topological polar surface area (TPSA) is 85.8 Å². The molecule has 2 N–H and O–H groups in total. The maximum atomic E-state index is 12.4. The Morgan fingerprint density at radius 3 is 2.47 bits per heavy atom. The van der Waals surface area contributed by atoms with E-state index in [9.17, 15) is 9.59 Å². The fourth-order valence-corrected chi connectivity index (χ4v) is 3.22. The van der Waals surface area contributed by atoms with E-state index in [4.69, 9.17) is 5.26 Å². The second kappa shape index (κ2) is 9.41. The van der Waals surface area contributed by atoms with Crippen molar-refractivity contribution in [2.75, 3.05) is 5.32 Å². The lowest BCUT2D eigenvalue weighted by molar-refractivity contribution is -0.116. The van der Waals surface area contributed by atoms with Gasteiger partial charge in [-0.2, -0.15) is 5.26 Å². The summed E-state index contributed by atoms with van der Waals surface area (Å²) in [6.45, 7) is 3.51. The third kappa shape index (κ3) is 5.04. The Bertz CT molecular complexity index is 1240. The summed E-state index contributed by atoms with van der Waals surface area (Å²) in [4.78, 5) is 26.9. The number of anilines is 1. The van der Waals surface area contributed by atoms with Gasteiger partial charge < -0.3 is 10.3 Å². The Morgan fingerprint density at radius 2 is 1.73 bits per heavy atom. The van der Waals surface area contributed by atoms with E-state index in [-0.39, 0.29) is 17.9 Å². The highest BCUT2D eigenvalue weighted by Gasteiger charge is 2.13. The summed E-state index contributed by atoms with van der Waals surface area (Å²) in [5.74, 6) is 6.05. The molecule has 0 atom stereocenters. The molecule has 0 aliphatic carbocycles. The van der Waals surface area contributed by atoms with Crippen LogP contribution in [0.4, 0.5) is 5.69 Å². The highest BCUT2D eigenvalue weighted by atomic mass is 16.1. The molecule has 30 heavy (non-hydrogen) atoms. The van der Waals surface area contributed by atoms with Crippen molar-refractivity contribution in [3.8, 4) is 17.9 Å². The largest absolute Gasteiger partial charge is 0.326 e. The van der Waals surface area contributed by atoms with Gasteiger partial charge in [0, 0.05) is 28.9 Å². The minimum Gasteiger partial charge on any atom is -0.326 e. The number of nitrogens with one attached hydrogen (secondary N) is 2. The molecule has 3 aromatic rings. The maximum Gasteiger partial charge on any atom is 0.266 e. The predicted octanol–water partition coefficient (Wildman–Crippen LogP) is 3.83. The molecule has 0 aliphatic heterocycles. The van der Waals surface area contributed by atoms with Crippen LogP contribution >= 0.6 is 0 Å². The molecule has 5 heteroatoms. The van der Waals surface area contributed by atoms with E-state index in [0.29, 0.717) is 23.4 Å². The molecule has 148 valence electrons. The smallest absolute Gasteiger partial charge is 0.266 e. The first-order chi connectivity index (χ1) is 14.5. The Balaban J connectivity index is 1.67. The van der Waals surface area contributed by atoms with Crippen molar-refractivity contribution < 1.29 is 4.79 Å². The predicted molar refractivity (Wildman–Crippen MR) is 117 cm³/mol. The van der Waals surface area contributed by atoms with Gasteiger partial charge in [-0.15, -0.1) is 0 Å². The van der Waals surface area contributed by atoms with Gasteiger partial charge in [-0.05, 0) is 61.7 Å². The van der Waals surface area contributed by atoms with Crippen LogP contribution in [0.5, 0.6) is 0 Å². The first kappa shape index (κ1) is 20.6. The van der Waals surface area contributed by atoms with E-state index in [1.807, 2.05) is 60.7 Å². The molecule has 5 nitrogen and oxygen atoms in total. The van der Waals surface area contributed by atoms with Crippen LogP contribution in [0.1, 0.15) is 39.9 Å². The number of carbonyl (C=O) groups is 1. The van der Waals surface area contributed by atoms with Crippen molar-refractivity contribution in [2.45, 2.75) is 26.7 Å². The average Bonchev–Trinajstić information content (AvgIpc) is 2.73. The van der Waals surface area contributed by atoms with Crippen molar-refractivity contribution in [1.29, 1.82) is 5.26 Å². The van der Waals surface area contributed by atoms with Crippen molar-refractivity contribution >= 4 is 11.6 Å². The number of H-pyrrole nitrogens is 1. The van der Waals surface area contributed by atoms with Gasteiger partial charge in [0.25, 0.3) is 5.56 Å². The van der Waals surface area contributed by atoms with Crippen molar-refractivity contribution in [1.82, 2.24) is 4.98 Å². The lowest BCUT2D eigenvalue weighted by Gasteiger charge is -2.11. The van der Waals surface area contributed by atoms with Crippen molar-refractivity contribution in [2.24, 2.45) is 0 Å². The van der Waals surface area contributed by atoms with Crippen LogP contribution in [0.2, 0.25) is 0 Å². The number of carbonyl (C=O) groups excluding carboxylic acids is 1. The average molecular weight is 395 g/mol. The monoisotopic (exact) mass is 395 g/mol. The molecule has 0 saturated carbocycles. The minimum atomic E-state index is -0.394. The van der Waals surface area contributed by atoms with Gasteiger partial charge >= 0.3 is 0 Å².